The lowest BCUT2D eigenvalue weighted by molar-refractivity contribution is -0.142. The lowest BCUT2D eigenvalue weighted by Gasteiger charge is -2.16. The summed E-state index contributed by atoms with van der Waals surface area (Å²) in [6, 6.07) is 9.08. The number of nitrogens with zero attached hydrogens (tertiary/aromatic N) is 1. The molecule has 96 valence electrons. The number of pyridine rings is 1. The minimum atomic E-state index is -0.482. The Morgan fingerprint density at radius 1 is 1.11 bits per heavy atom. The molecule has 0 saturated heterocycles. The first kappa shape index (κ1) is 12.8. The van der Waals surface area contributed by atoms with E-state index < -0.39 is 6.29 Å². The molecule has 0 aliphatic heterocycles. The van der Waals surface area contributed by atoms with Crippen LogP contribution >= 0.6 is 0 Å². The summed E-state index contributed by atoms with van der Waals surface area (Å²) >= 11 is 0. The van der Waals surface area contributed by atoms with E-state index in [0.717, 1.165) is 5.39 Å². The predicted octanol–water partition coefficient (Wildman–Crippen LogP) is 3.01. The Bertz CT molecular complexity index is 521. The Balaban J connectivity index is 2.41. The average molecular weight is 247 g/mol. The second kappa shape index (κ2) is 5.80. The summed E-state index contributed by atoms with van der Waals surface area (Å²) < 4.78 is 11.0. The largest absolute Gasteiger partial charge is 0.506 e. The van der Waals surface area contributed by atoms with Crippen molar-refractivity contribution in [2.24, 2.45) is 0 Å². The Hall–Kier alpha value is -1.65. The van der Waals surface area contributed by atoms with Crippen molar-refractivity contribution in [2.45, 2.75) is 20.1 Å². The van der Waals surface area contributed by atoms with Crippen molar-refractivity contribution in [3.63, 3.8) is 0 Å². The highest BCUT2D eigenvalue weighted by Crippen LogP contribution is 2.25. The van der Waals surface area contributed by atoms with Gasteiger partial charge in [-0.2, -0.15) is 0 Å². The van der Waals surface area contributed by atoms with Crippen LogP contribution in [-0.4, -0.2) is 23.3 Å². The van der Waals surface area contributed by atoms with Gasteiger partial charge >= 0.3 is 0 Å². The van der Waals surface area contributed by atoms with Crippen LogP contribution in [0.4, 0.5) is 0 Å². The summed E-state index contributed by atoms with van der Waals surface area (Å²) in [5, 5.41) is 10.7. The molecule has 0 saturated carbocycles. The summed E-state index contributed by atoms with van der Waals surface area (Å²) in [5.41, 5.74) is 1.24. The molecule has 0 aliphatic rings. The van der Waals surface area contributed by atoms with E-state index in [1.54, 1.807) is 12.1 Å². The number of para-hydroxylation sites is 1. The van der Waals surface area contributed by atoms with Crippen LogP contribution in [0.15, 0.2) is 30.3 Å². The van der Waals surface area contributed by atoms with E-state index in [4.69, 9.17) is 9.47 Å². The van der Waals surface area contributed by atoms with Gasteiger partial charge in [-0.25, -0.2) is 4.98 Å². The van der Waals surface area contributed by atoms with Crippen LogP contribution in [0, 0.1) is 0 Å². The van der Waals surface area contributed by atoms with Gasteiger partial charge in [0.1, 0.15) is 11.3 Å². The number of phenols is 1. The van der Waals surface area contributed by atoms with Gasteiger partial charge < -0.3 is 14.6 Å². The molecule has 0 bridgehead atoms. The van der Waals surface area contributed by atoms with Gasteiger partial charge in [-0.15, -0.1) is 0 Å². The van der Waals surface area contributed by atoms with E-state index in [0.29, 0.717) is 24.4 Å². The average Bonchev–Trinajstić information content (AvgIpc) is 2.39. The van der Waals surface area contributed by atoms with E-state index in [9.17, 15) is 5.11 Å². The number of hydrogen-bond acceptors (Lipinski definition) is 4. The first-order valence-corrected chi connectivity index (χ1v) is 6.08. The maximum absolute atomic E-state index is 9.79. The predicted molar refractivity (Wildman–Crippen MR) is 69.4 cm³/mol. The lowest BCUT2D eigenvalue weighted by Crippen LogP contribution is -2.10. The number of benzene rings is 1. The zero-order valence-corrected chi connectivity index (χ0v) is 10.6. The quantitative estimate of drug-likeness (QED) is 0.825. The van der Waals surface area contributed by atoms with Crippen molar-refractivity contribution in [1.29, 1.82) is 0 Å². The van der Waals surface area contributed by atoms with Gasteiger partial charge in [0.15, 0.2) is 0 Å². The molecular weight excluding hydrogens is 230 g/mol. The van der Waals surface area contributed by atoms with Crippen molar-refractivity contribution in [2.75, 3.05) is 13.2 Å². The molecule has 18 heavy (non-hydrogen) atoms. The molecule has 0 radical (unpaired) electrons. The Kier molecular flexibility index (Phi) is 4.12. The molecule has 4 nitrogen and oxygen atoms in total. The van der Waals surface area contributed by atoms with Crippen LogP contribution in [-0.2, 0) is 9.47 Å². The van der Waals surface area contributed by atoms with E-state index in [2.05, 4.69) is 4.98 Å². The summed E-state index contributed by atoms with van der Waals surface area (Å²) in [5.74, 6) is 0.168. The summed E-state index contributed by atoms with van der Waals surface area (Å²) in [6.07, 6.45) is -0.482. The van der Waals surface area contributed by atoms with E-state index >= 15 is 0 Å². The fourth-order valence-corrected chi connectivity index (χ4v) is 1.80. The minimum absolute atomic E-state index is 0.168. The Morgan fingerprint density at radius 3 is 2.50 bits per heavy atom. The molecule has 1 heterocycles. The molecule has 1 N–H and O–H groups in total. The van der Waals surface area contributed by atoms with Crippen LogP contribution < -0.4 is 0 Å². The molecule has 0 atom stereocenters. The molecule has 0 amide bonds. The number of aromatic hydroxyl groups is 1. The maximum Gasteiger partial charge on any atom is 0.201 e. The number of rotatable bonds is 5. The van der Waals surface area contributed by atoms with Crippen molar-refractivity contribution in [1.82, 2.24) is 4.98 Å². The molecule has 0 unspecified atom stereocenters. The first-order valence-electron chi connectivity index (χ1n) is 6.08. The van der Waals surface area contributed by atoms with E-state index in [-0.39, 0.29) is 5.75 Å². The second-order valence-corrected chi connectivity index (χ2v) is 3.83. The molecule has 4 heteroatoms. The fraction of sp³-hybridized carbons (Fsp3) is 0.357. The molecule has 0 aliphatic carbocycles. The third-order valence-electron chi connectivity index (χ3n) is 2.60. The van der Waals surface area contributed by atoms with Gasteiger partial charge in [0.05, 0.1) is 5.69 Å². The highest BCUT2D eigenvalue weighted by Gasteiger charge is 2.14. The van der Waals surface area contributed by atoms with E-state index in [1.165, 1.54) is 0 Å². The molecule has 2 aromatic rings. The minimum Gasteiger partial charge on any atom is -0.506 e. The molecule has 0 spiro atoms. The number of fused-ring (bicyclic) bond motifs is 1. The van der Waals surface area contributed by atoms with Gasteiger partial charge in [0.2, 0.25) is 6.29 Å². The van der Waals surface area contributed by atoms with Crippen molar-refractivity contribution in [3.05, 3.63) is 36.0 Å². The van der Waals surface area contributed by atoms with Crippen LogP contribution in [0.2, 0.25) is 0 Å². The summed E-state index contributed by atoms with van der Waals surface area (Å²) in [4.78, 5) is 4.41. The SMILES string of the molecule is CCOC(OCC)c1ccc2cccc(O)c2n1. The van der Waals surface area contributed by atoms with Crippen molar-refractivity contribution in [3.8, 4) is 5.75 Å². The maximum atomic E-state index is 9.79. The van der Waals surface area contributed by atoms with Crippen molar-refractivity contribution >= 4 is 10.9 Å². The number of aromatic nitrogens is 1. The lowest BCUT2D eigenvalue weighted by atomic mass is 10.2. The van der Waals surface area contributed by atoms with Gasteiger partial charge in [-0.05, 0) is 26.0 Å². The van der Waals surface area contributed by atoms with Gasteiger partial charge in [0, 0.05) is 18.6 Å². The highest BCUT2D eigenvalue weighted by molar-refractivity contribution is 5.84. The van der Waals surface area contributed by atoms with Crippen LogP contribution in [0.5, 0.6) is 5.75 Å². The Labute approximate surface area is 106 Å². The number of phenolic OH excluding ortho intramolecular Hbond substituents is 1. The standard InChI is InChI=1S/C14H17NO3/c1-3-17-14(18-4-2)11-9-8-10-6-5-7-12(16)13(10)15-11/h5-9,14,16H,3-4H2,1-2H3. The molecule has 0 fully saturated rings. The number of hydrogen-bond donors (Lipinski definition) is 1. The molecule has 1 aromatic carbocycles. The summed E-state index contributed by atoms with van der Waals surface area (Å²) in [7, 11) is 0. The van der Waals surface area contributed by atoms with Crippen LogP contribution in [0.3, 0.4) is 0 Å². The van der Waals surface area contributed by atoms with Gasteiger partial charge in [-0.3, -0.25) is 0 Å². The van der Waals surface area contributed by atoms with Gasteiger partial charge in [-0.1, -0.05) is 18.2 Å². The van der Waals surface area contributed by atoms with Crippen molar-refractivity contribution < 1.29 is 14.6 Å². The third kappa shape index (κ3) is 2.60. The summed E-state index contributed by atoms with van der Waals surface area (Å²) in [6.45, 7) is 4.91. The number of ether oxygens (including phenoxy) is 2. The first-order chi connectivity index (χ1) is 8.76. The zero-order chi connectivity index (χ0) is 13.0. The monoisotopic (exact) mass is 247 g/mol. The zero-order valence-electron chi connectivity index (χ0n) is 10.6. The van der Waals surface area contributed by atoms with Gasteiger partial charge in [0.25, 0.3) is 0 Å². The smallest absolute Gasteiger partial charge is 0.201 e. The van der Waals surface area contributed by atoms with E-state index in [1.807, 2.05) is 32.0 Å². The van der Waals surface area contributed by atoms with Crippen LogP contribution in [0.1, 0.15) is 25.8 Å². The highest BCUT2D eigenvalue weighted by atomic mass is 16.7. The third-order valence-corrected chi connectivity index (χ3v) is 2.60. The normalized spacial score (nSPS) is 11.3. The topological polar surface area (TPSA) is 51.6 Å². The second-order valence-electron chi connectivity index (χ2n) is 3.83. The Morgan fingerprint density at radius 2 is 1.83 bits per heavy atom. The molecular formula is C14H17NO3. The molecule has 2 rings (SSSR count). The van der Waals surface area contributed by atoms with Crippen LogP contribution in [0.25, 0.3) is 10.9 Å². The molecule has 1 aromatic heterocycles. The fourth-order valence-electron chi connectivity index (χ4n) is 1.80.